The number of unbranched alkanes of at least 4 members (excludes halogenated alkanes) is 1. The average Bonchev–Trinajstić information content (AvgIpc) is 3.22. The van der Waals surface area contributed by atoms with Crippen molar-refractivity contribution in [2.45, 2.75) is 65.0 Å². The molecule has 0 spiro atoms. The molecule has 2 amide bonds. The van der Waals surface area contributed by atoms with Crippen LogP contribution in [0.3, 0.4) is 0 Å². The molecule has 2 aliphatic rings. The Morgan fingerprint density at radius 3 is 2.62 bits per heavy atom. The van der Waals surface area contributed by atoms with Crippen LogP contribution in [0.5, 0.6) is 0 Å². The fourth-order valence-electron chi connectivity index (χ4n) is 3.68. The lowest BCUT2D eigenvalue weighted by atomic mass is 10.1. The number of rotatable bonds is 5. The standard InChI is InChI=1S/C18H28N4O2/c1-3-4-7-16(23)22-11-10-21-13-15(19-18(21)14(22)2)12-17(24)20-8-5-6-9-20/h13-14H,3-12H2,1-2H3/t14-/m1/s1. The van der Waals surface area contributed by atoms with Crippen molar-refractivity contribution in [2.24, 2.45) is 0 Å². The predicted octanol–water partition coefficient (Wildman–Crippen LogP) is 2.14. The van der Waals surface area contributed by atoms with E-state index in [1.807, 2.05) is 22.9 Å². The zero-order chi connectivity index (χ0) is 17.1. The van der Waals surface area contributed by atoms with E-state index in [2.05, 4.69) is 16.5 Å². The van der Waals surface area contributed by atoms with Gasteiger partial charge in [0.2, 0.25) is 11.8 Å². The largest absolute Gasteiger partial charge is 0.342 e. The second-order valence-electron chi connectivity index (χ2n) is 6.92. The van der Waals surface area contributed by atoms with Gasteiger partial charge in [0.05, 0.1) is 18.2 Å². The monoisotopic (exact) mass is 332 g/mol. The molecule has 0 aliphatic carbocycles. The summed E-state index contributed by atoms with van der Waals surface area (Å²) in [4.78, 5) is 33.2. The molecule has 24 heavy (non-hydrogen) atoms. The Balaban J connectivity index is 1.66. The van der Waals surface area contributed by atoms with Gasteiger partial charge in [-0.05, 0) is 26.2 Å². The Hall–Kier alpha value is -1.85. The quantitative estimate of drug-likeness (QED) is 0.830. The van der Waals surface area contributed by atoms with Crippen LogP contribution in [0.4, 0.5) is 0 Å². The number of carbonyl (C=O) groups is 2. The number of nitrogens with zero attached hydrogens (tertiary/aromatic N) is 4. The topological polar surface area (TPSA) is 58.4 Å². The average molecular weight is 332 g/mol. The third kappa shape index (κ3) is 3.47. The Labute approximate surface area is 143 Å². The van der Waals surface area contributed by atoms with Gasteiger partial charge in [-0.15, -0.1) is 0 Å². The van der Waals surface area contributed by atoms with E-state index in [9.17, 15) is 9.59 Å². The zero-order valence-electron chi connectivity index (χ0n) is 14.8. The molecule has 0 radical (unpaired) electrons. The summed E-state index contributed by atoms with van der Waals surface area (Å²) < 4.78 is 2.11. The second-order valence-corrected chi connectivity index (χ2v) is 6.92. The Morgan fingerprint density at radius 2 is 1.92 bits per heavy atom. The number of amides is 2. The normalized spacial score (nSPS) is 20.3. The molecule has 3 rings (SSSR count). The van der Waals surface area contributed by atoms with Crippen molar-refractivity contribution < 1.29 is 9.59 Å². The van der Waals surface area contributed by atoms with Crippen LogP contribution < -0.4 is 0 Å². The van der Waals surface area contributed by atoms with Gasteiger partial charge < -0.3 is 14.4 Å². The molecule has 0 unspecified atom stereocenters. The maximum Gasteiger partial charge on any atom is 0.228 e. The first-order valence-electron chi connectivity index (χ1n) is 9.23. The molecule has 2 aliphatic heterocycles. The fraction of sp³-hybridized carbons (Fsp3) is 0.722. The minimum Gasteiger partial charge on any atom is -0.342 e. The van der Waals surface area contributed by atoms with Crippen molar-refractivity contribution in [3.8, 4) is 0 Å². The summed E-state index contributed by atoms with van der Waals surface area (Å²) in [6, 6.07) is -0.0151. The van der Waals surface area contributed by atoms with Gasteiger partial charge >= 0.3 is 0 Å². The summed E-state index contributed by atoms with van der Waals surface area (Å²) in [5.74, 6) is 1.30. The molecule has 1 atom stereocenters. The molecule has 0 aromatic carbocycles. The van der Waals surface area contributed by atoms with Crippen LogP contribution in [-0.2, 0) is 22.6 Å². The van der Waals surface area contributed by atoms with Crippen LogP contribution in [0.2, 0.25) is 0 Å². The molecule has 0 N–H and O–H groups in total. The third-order valence-corrected chi connectivity index (χ3v) is 5.14. The molecule has 6 heteroatoms. The first-order chi connectivity index (χ1) is 11.6. The summed E-state index contributed by atoms with van der Waals surface area (Å²) >= 11 is 0. The van der Waals surface area contributed by atoms with Crippen molar-refractivity contribution in [1.82, 2.24) is 19.4 Å². The van der Waals surface area contributed by atoms with Crippen molar-refractivity contribution in [3.05, 3.63) is 17.7 Å². The molecular weight excluding hydrogens is 304 g/mol. The lowest BCUT2D eigenvalue weighted by molar-refractivity contribution is -0.134. The Bertz CT molecular complexity index is 604. The first-order valence-corrected chi connectivity index (χ1v) is 9.23. The fourth-order valence-corrected chi connectivity index (χ4v) is 3.68. The van der Waals surface area contributed by atoms with E-state index >= 15 is 0 Å². The molecule has 0 saturated carbocycles. The second kappa shape index (κ2) is 7.36. The minimum absolute atomic E-state index is 0.0151. The number of hydrogen-bond acceptors (Lipinski definition) is 3. The van der Waals surface area contributed by atoms with Crippen LogP contribution >= 0.6 is 0 Å². The van der Waals surface area contributed by atoms with Gasteiger partial charge in [-0.2, -0.15) is 0 Å². The number of aromatic nitrogens is 2. The van der Waals surface area contributed by atoms with Crippen LogP contribution in [0.1, 0.15) is 63.5 Å². The lowest BCUT2D eigenvalue weighted by Crippen LogP contribution is -2.41. The van der Waals surface area contributed by atoms with Crippen LogP contribution in [0, 0.1) is 0 Å². The van der Waals surface area contributed by atoms with Gasteiger partial charge in [0.25, 0.3) is 0 Å². The molecule has 6 nitrogen and oxygen atoms in total. The van der Waals surface area contributed by atoms with E-state index in [0.717, 1.165) is 63.4 Å². The summed E-state index contributed by atoms with van der Waals surface area (Å²) in [5, 5.41) is 0. The van der Waals surface area contributed by atoms with Crippen molar-refractivity contribution in [3.63, 3.8) is 0 Å². The Morgan fingerprint density at radius 1 is 1.17 bits per heavy atom. The Kier molecular flexibility index (Phi) is 5.21. The van der Waals surface area contributed by atoms with E-state index in [-0.39, 0.29) is 17.9 Å². The SMILES string of the molecule is CCCCC(=O)N1CCn2cc(CC(=O)N3CCCC3)nc2[C@H]1C. The molecular formula is C18H28N4O2. The minimum atomic E-state index is -0.0151. The summed E-state index contributed by atoms with van der Waals surface area (Å²) in [5.41, 5.74) is 0.830. The van der Waals surface area contributed by atoms with Gasteiger partial charge in [-0.1, -0.05) is 13.3 Å². The van der Waals surface area contributed by atoms with E-state index < -0.39 is 0 Å². The van der Waals surface area contributed by atoms with E-state index in [1.165, 1.54) is 0 Å². The number of hydrogen-bond donors (Lipinski definition) is 0. The maximum absolute atomic E-state index is 12.4. The highest BCUT2D eigenvalue weighted by Crippen LogP contribution is 2.26. The van der Waals surface area contributed by atoms with Crippen molar-refractivity contribution in [1.29, 1.82) is 0 Å². The number of carbonyl (C=O) groups excluding carboxylic acids is 2. The van der Waals surface area contributed by atoms with Crippen LogP contribution in [-0.4, -0.2) is 50.8 Å². The van der Waals surface area contributed by atoms with Gasteiger partial charge in [-0.25, -0.2) is 4.98 Å². The van der Waals surface area contributed by atoms with E-state index in [4.69, 9.17) is 0 Å². The predicted molar refractivity (Wildman–Crippen MR) is 91.4 cm³/mol. The molecule has 1 saturated heterocycles. The highest BCUT2D eigenvalue weighted by molar-refractivity contribution is 5.78. The highest BCUT2D eigenvalue weighted by Gasteiger charge is 2.29. The maximum atomic E-state index is 12.4. The molecule has 1 aromatic rings. The zero-order valence-corrected chi connectivity index (χ0v) is 14.8. The molecule has 1 fully saturated rings. The van der Waals surface area contributed by atoms with Crippen LogP contribution in [0.15, 0.2) is 6.20 Å². The van der Waals surface area contributed by atoms with E-state index in [1.54, 1.807) is 0 Å². The first kappa shape index (κ1) is 17.0. The van der Waals surface area contributed by atoms with Gasteiger partial charge in [0, 0.05) is 38.8 Å². The summed E-state index contributed by atoms with van der Waals surface area (Å²) in [7, 11) is 0. The molecule has 132 valence electrons. The van der Waals surface area contributed by atoms with Crippen LogP contribution in [0.25, 0.3) is 0 Å². The molecule has 0 bridgehead atoms. The molecule has 3 heterocycles. The van der Waals surface area contributed by atoms with Gasteiger partial charge in [-0.3, -0.25) is 9.59 Å². The molecule has 1 aromatic heterocycles. The van der Waals surface area contributed by atoms with Crippen molar-refractivity contribution in [2.75, 3.05) is 19.6 Å². The lowest BCUT2D eigenvalue weighted by Gasteiger charge is -2.33. The van der Waals surface area contributed by atoms with E-state index in [0.29, 0.717) is 12.8 Å². The highest BCUT2D eigenvalue weighted by atomic mass is 16.2. The number of fused-ring (bicyclic) bond motifs is 1. The van der Waals surface area contributed by atoms with Gasteiger partial charge in [0.1, 0.15) is 5.82 Å². The van der Waals surface area contributed by atoms with Gasteiger partial charge in [0.15, 0.2) is 0 Å². The summed E-state index contributed by atoms with van der Waals surface area (Å²) in [6.07, 6.45) is 7.16. The smallest absolute Gasteiger partial charge is 0.228 e. The van der Waals surface area contributed by atoms with Crippen molar-refractivity contribution >= 4 is 11.8 Å². The summed E-state index contributed by atoms with van der Waals surface area (Å²) in [6.45, 7) is 7.39. The number of likely N-dealkylation sites (tertiary alicyclic amines) is 1. The number of imidazole rings is 1. The third-order valence-electron chi connectivity index (χ3n) is 5.14.